The van der Waals surface area contributed by atoms with Gasteiger partial charge in [-0.25, -0.2) is 0 Å². The molecule has 0 atom stereocenters. The predicted molar refractivity (Wildman–Crippen MR) is 144 cm³/mol. The Bertz CT molecular complexity index is 353. The molecule has 0 fully saturated rings. The van der Waals surface area contributed by atoms with Gasteiger partial charge in [-0.05, 0) is 53.5 Å². The van der Waals surface area contributed by atoms with Gasteiger partial charge in [0.2, 0.25) is 0 Å². The molecule has 0 aliphatic rings. The molecule has 0 rings (SSSR count). The van der Waals surface area contributed by atoms with E-state index in [0.29, 0.717) is 11.1 Å². The van der Waals surface area contributed by atoms with Crippen LogP contribution in [0.15, 0.2) is 0 Å². The molecule has 0 saturated heterocycles. The average Bonchev–Trinajstić information content (AvgIpc) is 2.69. The number of hydrogen-bond donors (Lipinski definition) is 0. The van der Waals surface area contributed by atoms with E-state index in [4.69, 9.17) is 0 Å². The van der Waals surface area contributed by atoms with Crippen molar-refractivity contribution in [1.29, 1.82) is 0 Å². The summed E-state index contributed by atoms with van der Waals surface area (Å²) in [5.74, 6) is 0. The second-order valence-corrected chi connectivity index (χ2v) is 11.6. The molecule has 0 aromatic heterocycles. The van der Waals surface area contributed by atoms with Crippen molar-refractivity contribution < 1.29 is 0 Å². The second-order valence-electron chi connectivity index (χ2n) is 11.6. The third-order valence-corrected chi connectivity index (χ3v) is 7.42. The van der Waals surface area contributed by atoms with E-state index >= 15 is 0 Å². The van der Waals surface area contributed by atoms with E-state index in [-0.39, 0.29) is 0 Å². The van der Waals surface area contributed by atoms with Crippen molar-refractivity contribution in [2.24, 2.45) is 0 Å². The molecule has 0 N–H and O–H groups in total. The number of nitrogens with zero attached hydrogens (tertiary/aromatic N) is 1. The summed E-state index contributed by atoms with van der Waals surface area (Å²) in [6.07, 6.45) is 28.4. The first-order valence-electron chi connectivity index (χ1n) is 14.6. The standard InChI is InChI=1S/C30H63N/c1-8-11-12-13-14-15-16-17-18-19-20-21-22-23-24-25-28-31(29(4,5)26-9-2)30(6,7)27-10-3/h8-28H2,1-7H3. The van der Waals surface area contributed by atoms with Gasteiger partial charge in [0.25, 0.3) is 0 Å². The molecule has 0 aliphatic carbocycles. The first kappa shape index (κ1) is 31.0. The summed E-state index contributed by atoms with van der Waals surface area (Å²) in [4.78, 5) is 2.84. The van der Waals surface area contributed by atoms with Crippen LogP contribution in [0.3, 0.4) is 0 Å². The molecule has 1 nitrogen and oxygen atoms in total. The molecule has 0 radical (unpaired) electrons. The van der Waals surface area contributed by atoms with Gasteiger partial charge in [0.15, 0.2) is 0 Å². The lowest BCUT2D eigenvalue weighted by atomic mass is 9.86. The normalized spacial score (nSPS) is 12.8. The van der Waals surface area contributed by atoms with Crippen molar-refractivity contribution in [3.8, 4) is 0 Å². The quantitative estimate of drug-likeness (QED) is 0.144. The summed E-state index contributed by atoms with van der Waals surface area (Å²) >= 11 is 0. The minimum atomic E-state index is 0.322. The Morgan fingerprint density at radius 1 is 0.387 bits per heavy atom. The maximum atomic E-state index is 2.84. The molecular formula is C30H63N. The molecule has 0 saturated carbocycles. The largest absolute Gasteiger partial charge is 0.293 e. The minimum Gasteiger partial charge on any atom is -0.293 e. The summed E-state index contributed by atoms with van der Waals surface area (Å²) in [6.45, 7) is 18.1. The molecule has 0 aromatic carbocycles. The lowest BCUT2D eigenvalue weighted by Crippen LogP contribution is -2.55. The van der Waals surface area contributed by atoms with E-state index in [1.165, 1.54) is 135 Å². The monoisotopic (exact) mass is 437 g/mol. The van der Waals surface area contributed by atoms with Crippen LogP contribution in [0.25, 0.3) is 0 Å². The van der Waals surface area contributed by atoms with Crippen LogP contribution in [0.5, 0.6) is 0 Å². The molecule has 0 bridgehead atoms. The van der Waals surface area contributed by atoms with E-state index < -0.39 is 0 Å². The Hall–Kier alpha value is -0.0400. The molecule has 31 heavy (non-hydrogen) atoms. The molecular weight excluding hydrogens is 374 g/mol. The van der Waals surface area contributed by atoms with Gasteiger partial charge in [-0.2, -0.15) is 0 Å². The zero-order valence-electron chi connectivity index (χ0n) is 23.3. The Morgan fingerprint density at radius 3 is 0.968 bits per heavy atom. The fourth-order valence-electron chi connectivity index (χ4n) is 5.74. The molecule has 188 valence electrons. The first-order chi connectivity index (χ1) is 14.8. The van der Waals surface area contributed by atoms with Gasteiger partial charge in [0.1, 0.15) is 0 Å². The number of hydrogen-bond acceptors (Lipinski definition) is 1. The highest BCUT2D eigenvalue weighted by molar-refractivity contribution is 4.92. The number of rotatable bonds is 23. The number of unbranched alkanes of at least 4 members (excludes halogenated alkanes) is 15. The van der Waals surface area contributed by atoms with Crippen LogP contribution in [0.1, 0.15) is 177 Å². The molecule has 0 spiro atoms. The molecule has 1 heteroatoms. The summed E-state index contributed by atoms with van der Waals surface area (Å²) < 4.78 is 0. The molecule has 0 aromatic rings. The van der Waals surface area contributed by atoms with Crippen molar-refractivity contribution in [3.05, 3.63) is 0 Å². The summed E-state index contributed by atoms with van der Waals surface area (Å²) in [6, 6.07) is 0. The topological polar surface area (TPSA) is 3.24 Å². The second kappa shape index (κ2) is 19.4. The molecule has 0 unspecified atom stereocenters. The fourth-order valence-corrected chi connectivity index (χ4v) is 5.74. The Morgan fingerprint density at radius 2 is 0.677 bits per heavy atom. The van der Waals surface area contributed by atoms with E-state index in [1.54, 1.807) is 0 Å². The Labute approximate surface area is 199 Å². The van der Waals surface area contributed by atoms with Crippen LogP contribution in [-0.2, 0) is 0 Å². The van der Waals surface area contributed by atoms with Crippen molar-refractivity contribution >= 4 is 0 Å². The molecule has 0 aliphatic heterocycles. The van der Waals surface area contributed by atoms with E-state index in [0.717, 1.165) is 0 Å². The highest BCUT2D eigenvalue weighted by Gasteiger charge is 2.35. The minimum absolute atomic E-state index is 0.322. The smallest absolute Gasteiger partial charge is 0.0158 e. The van der Waals surface area contributed by atoms with E-state index in [2.05, 4.69) is 53.4 Å². The van der Waals surface area contributed by atoms with Gasteiger partial charge in [-0.1, -0.05) is 130 Å². The SMILES string of the molecule is CCCCCCCCCCCCCCCCCCN(C(C)(C)CCC)C(C)(C)CCC. The third-order valence-electron chi connectivity index (χ3n) is 7.42. The maximum absolute atomic E-state index is 2.84. The summed E-state index contributed by atoms with van der Waals surface area (Å²) in [5.41, 5.74) is 0.645. The zero-order chi connectivity index (χ0) is 23.4. The summed E-state index contributed by atoms with van der Waals surface area (Å²) in [5, 5.41) is 0. The van der Waals surface area contributed by atoms with Crippen molar-refractivity contribution in [2.75, 3.05) is 6.54 Å². The van der Waals surface area contributed by atoms with Crippen molar-refractivity contribution in [2.45, 2.75) is 188 Å². The zero-order valence-corrected chi connectivity index (χ0v) is 23.3. The van der Waals surface area contributed by atoms with Gasteiger partial charge in [-0.3, -0.25) is 4.90 Å². The van der Waals surface area contributed by atoms with E-state index in [9.17, 15) is 0 Å². The highest BCUT2D eigenvalue weighted by atomic mass is 15.2. The van der Waals surface area contributed by atoms with E-state index in [1.807, 2.05) is 0 Å². The van der Waals surface area contributed by atoms with Crippen LogP contribution >= 0.6 is 0 Å². The van der Waals surface area contributed by atoms with Crippen molar-refractivity contribution in [1.82, 2.24) is 4.90 Å². The van der Waals surface area contributed by atoms with Crippen LogP contribution in [0.4, 0.5) is 0 Å². The average molecular weight is 438 g/mol. The lowest BCUT2D eigenvalue weighted by molar-refractivity contribution is 0.00351. The van der Waals surface area contributed by atoms with Crippen LogP contribution < -0.4 is 0 Å². The van der Waals surface area contributed by atoms with Gasteiger partial charge in [0.05, 0.1) is 0 Å². The third kappa shape index (κ3) is 16.3. The van der Waals surface area contributed by atoms with Crippen LogP contribution in [0, 0.1) is 0 Å². The van der Waals surface area contributed by atoms with Crippen molar-refractivity contribution in [3.63, 3.8) is 0 Å². The Balaban J connectivity index is 3.78. The Kier molecular flexibility index (Phi) is 19.4. The van der Waals surface area contributed by atoms with Crippen LogP contribution in [0.2, 0.25) is 0 Å². The van der Waals surface area contributed by atoms with Gasteiger partial charge >= 0.3 is 0 Å². The first-order valence-corrected chi connectivity index (χ1v) is 14.6. The molecule has 0 amide bonds. The van der Waals surface area contributed by atoms with Gasteiger partial charge in [-0.15, -0.1) is 0 Å². The predicted octanol–water partition coefficient (Wildman–Crippen LogP) is 10.7. The highest BCUT2D eigenvalue weighted by Crippen LogP contribution is 2.32. The van der Waals surface area contributed by atoms with Gasteiger partial charge < -0.3 is 0 Å². The van der Waals surface area contributed by atoms with Crippen LogP contribution in [-0.4, -0.2) is 22.5 Å². The lowest BCUT2D eigenvalue weighted by Gasteiger charge is -2.49. The molecule has 0 heterocycles. The fraction of sp³-hybridized carbons (Fsp3) is 1.00. The summed E-state index contributed by atoms with van der Waals surface area (Å²) in [7, 11) is 0. The maximum Gasteiger partial charge on any atom is 0.0158 e. The van der Waals surface area contributed by atoms with Gasteiger partial charge in [0, 0.05) is 11.1 Å².